The molecular weight excluding hydrogens is 374 g/mol. The molecule has 0 spiro atoms. The van der Waals surface area contributed by atoms with Gasteiger partial charge in [-0.25, -0.2) is 4.98 Å². The number of amides is 1. The zero-order chi connectivity index (χ0) is 20.1. The van der Waals surface area contributed by atoms with Gasteiger partial charge in [0.2, 0.25) is 5.91 Å². The number of hydrogen-bond donors (Lipinski definition) is 1. The number of nitrogens with zero attached hydrogens (tertiary/aromatic N) is 2. The summed E-state index contributed by atoms with van der Waals surface area (Å²) in [7, 11) is 3.49. The van der Waals surface area contributed by atoms with Crippen LogP contribution in [0, 0.1) is 6.92 Å². The number of nitrogens with one attached hydrogen (secondary N) is 1. The van der Waals surface area contributed by atoms with Gasteiger partial charge in [-0.3, -0.25) is 9.59 Å². The van der Waals surface area contributed by atoms with Crippen molar-refractivity contribution in [1.29, 1.82) is 0 Å². The number of ketones is 1. The minimum Gasteiger partial charge on any atom is -0.497 e. The molecule has 0 fully saturated rings. The molecule has 0 aliphatic rings. The first-order valence-electron chi connectivity index (χ1n) is 8.98. The molecule has 1 atom stereocenters. The van der Waals surface area contributed by atoms with E-state index >= 15 is 0 Å². The molecule has 146 valence electrons. The first-order chi connectivity index (χ1) is 13.5. The lowest BCUT2D eigenvalue weighted by molar-refractivity contribution is -0.121. The van der Waals surface area contributed by atoms with Crippen molar-refractivity contribution in [3.63, 3.8) is 0 Å². The topological polar surface area (TPSA) is 73.2 Å². The van der Waals surface area contributed by atoms with Crippen LogP contribution in [0.25, 0.3) is 0 Å². The van der Waals surface area contributed by atoms with Crippen molar-refractivity contribution in [2.24, 2.45) is 7.05 Å². The van der Waals surface area contributed by atoms with Gasteiger partial charge >= 0.3 is 0 Å². The molecule has 0 saturated heterocycles. The predicted molar refractivity (Wildman–Crippen MR) is 109 cm³/mol. The minimum atomic E-state index is -0.405. The van der Waals surface area contributed by atoms with Crippen molar-refractivity contribution in [3.05, 3.63) is 69.9 Å². The quantitative estimate of drug-likeness (QED) is 0.589. The monoisotopic (exact) mass is 397 g/mol. The molecule has 0 bridgehead atoms. The van der Waals surface area contributed by atoms with Gasteiger partial charge in [0.05, 0.1) is 12.0 Å². The number of thiophene rings is 1. The molecule has 1 aromatic carbocycles. The zero-order valence-corrected chi connectivity index (χ0v) is 17.0. The fraction of sp³-hybridized carbons (Fsp3) is 0.286. The van der Waals surface area contributed by atoms with Crippen LogP contribution >= 0.6 is 11.3 Å². The fourth-order valence-electron chi connectivity index (χ4n) is 2.92. The Kier molecular flexibility index (Phi) is 6.26. The second kappa shape index (κ2) is 8.84. The third-order valence-corrected chi connectivity index (χ3v) is 5.51. The predicted octanol–water partition coefficient (Wildman–Crippen LogP) is 3.67. The molecule has 1 N–H and O–H groups in total. The van der Waals surface area contributed by atoms with Crippen LogP contribution in [0.3, 0.4) is 0 Å². The lowest BCUT2D eigenvalue weighted by Gasteiger charge is -2.19. The molecule has 2 heterocycles. The molecule has 1 unspecified atom stereocenters. The van der Waals surface area contributed by atoms with Crippen molar-refractivity contribution < 1.29 is 14.3 Å². The Bertz CT molecular complexity index is 959. The molecule has 0 aliphatic carbocycles. The largest absolute Gasteiger partial charge is 0.497 e. The third kappa shape index (κ3) is 4.67. The van der Waals surface area contributed by atoms with E-state index in [2.05, 4.69) is 10.3 Å². The average molecular weight is 398 g/mol. The highest BCUT2D eigenvalue weighted by molar-refractivity contribution is 7.14. The molecule has 2 aromatic heterocycles. The molecule has 6 nitrogen and oxygen atoms in total. The van der Waals surface area contributed by atoms with E-state index in [1.807, 2.05) is 61.1 Å². The maximum absolute atomic E-state index is 12.6. The van der Waals surface area contributed by atoms with Crippen molar-refractivity contribution >= 4 is 23.0 Å². The maximum atomic E-state index is 12.6. The van der Waals surface area contributed by atoms with E-state index in [0.717, 1.165) is 22.0 Å². The highest BCUT2D eigenvalue weighted by Crippen LogP contribution is 2.23. The number of benzene rings is 1. The number of Topliss-reactive ketones (excluding diaryl/α,β-unsaturated/α-hetero) is 1. The van der Waals surface area contributed by atoms with Crippen molar-refractivity contribution in [1.82, 2.24) is 14.9 Å². The van der Waals surface area contributed by atoms with Crippen LogP contribution in [0.1, 0.15) is 44.8 Å². The molecule has 0 aliphatic heterocycles. The third-order valence-electron chi connectivity index (χ3n) is 4.47. The Morgan fingerprint density at radius 2 is 1.93 bits per heavy atom. The van der Waals surface area contributed by atoms with Crippen LogP contribution in [0.2, 0.25) is 0 Å². The fourth-order valence-corrected chi connectivity index (χ4v) is 3.75. The summed E-state index contributed by atoms with van der Waals surface area (Å²) in [6, 6.07) is 10.8. The summed E-state index contributed by atoms with van der Waals surface area (Å²) in [6.45, 7) is 1.96. The standard InChI is InChI=1S/C21H23N3O3S/c1-14-4-10-18(28-14)17(25)9-11-19(26)23-20(21-22-12-13-24(21)2)15-5-7-16(27-3)8-6-15/h4-8,10,12-13,20H,9,11H2,1-3H3,(H,23,26). The number of rotatable bonds is 8. The first-order valence-corrected chi connectivity index (χ1v) is 9.79. The molecular formula is C21H23N3O3S. The van der Waals surface area contributed by atoms with Crippen molar-refractivity contribution in [3.8, 4) is 5.75 Å². The van der Waals surface area contributed by atoms with Crippen LogP contribution in [0.15, 0.2) is 48.8 Å². The number of carbonyl (C=O) groups excluding carboxylic acids is 2. The molecule has 3 rings (SSSR count). The van der Waals surface area contributed by atoms with E-state index in [1.54, 1.807) is 13.3 Å². The number of aryl methyl sites for hydroxylation is 2. The smallest absolute Gasteiger partial charge is 0.221 e. The van der Waals surface area contributed by atoms with Gasteiger partial charge in [-0.05, 0) is 36.8 Å². The summed E-state index contributed by atoms with van der Waals surface area (Å²) >= 11 is 1.46. The van der Waals surface area contributed by atoms with Gasteiger partial charge in [-0.2, -0.15) is 0 Å². The molecule has 7 heteroatoms. The SMILES string of the molecule is COc1ccc(C(NC(=O)CCC(=O)c2ccc(C)s2)c2nccn2C)cc1. The lowest BCUT2D eigenvalue weighted by atomic mass is 10.1. The van der Waals surface area contributed by atoms with Gasteiger partial charge < -0.3 is 14.6 Å². The molecule has 28 heavy (non-hydrogen) atoms. The second-order valence-corrected chi connectivity index (χ2v) is 7.79. The average Bonchev–Trinajstić information content (AvgIpc) is 3.32. The van der Waals surface area contributed by atoms with Gasteiger partial charge in [0.15, 0.2) is 5.78 Å². The van der Waals surface area contributed by atoms with E-state index in [-0.39, 0.29) is 24.5 Å². The molecule has 0 radical (unpaired) electrons. The zero-order valence-electron chi connectivity index (χ0n) is 16.1. The Labute approximate surface area is 168 Å². The number of aromatic nitrogens is 2. The molecule has 1 amide bonds. The van der Waals surface area contributed by atoms with Crippen LogP contribution in [0.5, 0.6) is 5.75 Å². The summed E-state index contributed by atoms with van der Waals surface area (Å²) in [4.78, 5) is 31.0. The number of methoxy groups -OCH3 is 1. The summed E-state index contributed by atoms with van der Waals surface area (Å²) in [6.07, 6.45) is 3.84. The summed E-state index contributed by atoms with van der Waals surface area (Å²) < 4.78 is 7.08. The van der Waals surface area contributed by atoms with Gasteiger partial charge in [0, 0.05) is 37.2 Å². The van der Waals surface area contributed by atoms with Crippen LogP contribution in [-0.2, 0) is 11.8 Å². The Morgan fingerprint density at radius 1 is 1.18 bits per heavy atom. The summed E-state index contributed by atoms with van der Waals surface area (Å²) in [5.74, 6) is 1.26. The highest BCUT2D eigenvalue weighted by atomic mass is 32.1. The number of imidazole rings is 1. The maximum Gasteiger partial charge on any atom is 0.221 e. The van der Waals surface area contributed by atoms with Gasteiger partial charge in [-0.15, -0.1) is 11.3 Å². The normalized spacial score (nSPS) is 11.8. The van der Waals surface area contributed by atoms with Crippen molar-refractivity contribution in [2.45, 2.75) is 25.8 Å². The van der Waals surface area contributed by atoms with Gasteiger partial charge in [0.1, 0.15) is 17.6 Å². The Hall–Kier alpha value is -2.93. The molecule has 0 saturated carbocycles. The van der Waals surface area contributed by atoms with E-state index < -0.39 is 6.04 Å². The van der Waals surface area contributed by atoms with Crippen LogP contribution in [0.4, 0.5) is 0 Å². The van der Waals surface area contributed by atoms with E-state index in [0.29, 0.717) is 4.88 Å². The van der Waals surface area contributed by atoms with E-state index in [1.165, 1.54) is 11.3 Å². The molecule has 3 aromatic rings. The number of hydrogen-bond acceptors (Lipinski definition) is 5. The summed E-state index contributed by atoms with van der Waals surface area (Å²) in [5.41, 5.74) is 0.892. The summed E-state index contributed by atoms with van der Waals surface area (Å²) in [5, 5.41) is 3.01. The second-order valence-electron chi connectivity index (χ2n) is 6.50. The number of carbonyl (C=O) groups is 2. The number of ether oxygens (including phenoxy) is 1. The van der Waals surface area contributed by atoms with E-state index in [4.69, 9.17) is 4.74 Å². The van der Waals surface area contributed by atoms with Gasteiger partial charge in [-0.1, -0.05) is 12.1 Å². The van der Waals surface area contributed by atoms with Gasteiger partial charge in [0.25, 0.3) is 0 Å². The van der Waals surface area contributed by atoms with E-state index in [9.17, 15) is 9.59 Å². The minimum absolute atomic E-state index is 0.00811. The van der Waals surface area contributed by atoms with Crippen LogP contribution in [-0.4, -0.2) is 28.4 Å². The lowest BCUT2D eigenvalue weighted by Crippen LogP contribution is -2.31. The van der Waals surface area contributed by atoms with Crippen LogP contribution < -0.4 is 10.1 Å². The highest BCUT2D eigenvalue weighted by Gasteiger charge is 2.21. The Balaban J connectivity index is 1.71. The Morgan fingerprint density at radius 3 is 2.50 bits per heavy atom. The first kappa shape index (κ1) is 19.8. The van der Waals surface area contributed by atoms with Crippen molar-refractivity contribution in [2.75, 3.05) is 7.11 Å².